The van der Waals surface area contributed by atoms with Gasteiger partial charge in [0.1, 0.15) is 17.4 Å². The highest BCUT2D eigenvalue weighted by molar-refractivity contribution is 5.97. The number of ether oxygens (including phenoxy) is 1. The number of hydrogen-bond acceptors (Lipinski definition) is 6. The fourth-order valence-electron chi connectivity index (χ4n) is 4.84. The first-order chi connectivity index (χ1) is 17.6. The average molecular weight is 485 g/mol. The number of carbonyl (C=O) groups is 1. The minimum absolute atomic E-state index is 0.00174. The van der Waals surface area contributed by atoms with Gasteiger partial charge in [0.05, 0.1) is 29.4 Å². The highest BCUT2D eigenvalue weighted by Crippen LogP contribution is 2.30. The second kappa shape index (κ2) is 10.4. The molecule has 0 N–H and O–H groups in total. The predicted octanol–water partition coefficient (Wildman–Crippen LogP) is 4.44. The van der Waals surface area contributed by atoms with Crippen LogP contribution in [0.3, 0.4) is 0 Å². The van der Waals surface area contributed by atoms with Crippen LogP contribution >= 0.6 is 0 Å². The molecule has 1 saturated heterocycles. The molecular weight excluding hydrogens is 452 g/mol. The largest absolute Gasteiger partial charge is 0.496 e. The van der Waals surface area contributed by atoms with Crippen LogP contribution in [-0.2, 0) is 6.42 Å². The molecule has 8 nitrogen and oxygen atoms in total. The standard InChI is InChI=1S/C28H32N6O2/c1-4-11-24-29-26(25-20(2)31-34(27(25)30-24)21-12-6-5-7-13-21)32-16-10-17-33(19-18-32)28(35)22-14-8-9-15-23(22)36-3/h5-9,12-15H,4,10-11,16-19H2,1-3H3. The van der Waals surface area contributed by atoms with E-state index in [2.05, 4.69) is 11.8 Å². The Morgan fingerprint density at radius 1 is 0.972 bits per heavy atom. The lowest BCUT2D eigenvalue weighted by Crippen LogP contribution is -2.35. The van der Waals surface area contributed by atoms with Crippen molar-refractivity contribution in [2.75, 3.05) is 38.2 Å². The minimum atomic E-state index is 0.00174. The van der Waals surface area contributed by atoms with Gasteiger partial charge in [0.2, 0.25) is 0 Å². The summed E-state index contributed by atoms with van der Waals surface area (Å²) in [5, 5.41) is 5.83. The van der Waals surface area contributed by atoms with Gasteiger partial charge in [-0.15, -0.1) is 0 Å². The highest BCUT2D eigenvalue weighted by atomic mass is 16.5. The van der Waals surface area contributed by atoms with Crippen molar-refractivity contribution in [3.05, 3.63) is 71.7 Å². The van der Waals surface area contributed by atoms with Crippen LogP contribution in [0.1, 0.15) is 41.6 Å². The Hall–Kier alpha value is -3.94. The molecule has 3 heterocycles. The molecule has 0 aliphatic carbocycles. The maximum atomic E-state index is 13.3. The van der Waals surface area contributed by atoms with E-state index in [0.29, 0.717) is 30.9 Å². The first-order valence-corrected chi connectivity index (χ1v) is 12.6. The fourth-order valence-corrected chi connectivity index (χ4v) is 4.84. The van der Waals surface area contributed by atoms with Gasteiger partial charge in [0.15, 0.2) is 5.65 Å². The summed E-state index contributed by atoms with van der Waals surface area (Å²) in [7, 11) is 1.60. The van der Waals surface area contributed by atoms with Crippen molar-refractivity contribution in [1.29, 1.82) is 0 Å². The van der Waals surface area contributed by atoms with Crippen LogP contribution in [0.15, 0.2) is 54.6 Å². The zero-order valence-electron chi connectivity index (χ0n) is 21.1. The van der Waals surface area contributed by atoms with Crippen molar-refractivity contribution in [1.82, 2.24) is 24.6 Å². The van der Waals surface area contributed by atoms with Crippen molar-refractivity contribution in [3.8, 4) is 11.4 Å². The molecule has 0 bridgehead atoms. The van der Waals surface area contributed by atoms with Gasteiger partial charge in [-0.25, -0.2) is 14.6 Å². The number of nitrogens with zero attached hydrogens (tertiary/aromatic N) is 6. The van der Waals surface area contributed by atoms with Gasteiger partial charge >= 0.3 is 0 Å². The van der Waals surface area contributed by atoms with Crippen LogP contribution in [0.4, 0.5) is 5.82 Å². The van der Waals surface area contributed by atoms with Crippen molar-refractivity contribution >= 4 is 22.8 Å². The summed E-state index contributed by atoms with van der Waals surface area (Å²) in [5.74, 6) is 2.34. The number of amides is 1. The molecule has 0 radical (unpaired) electrons. The molecule has 1 aliphatic heterocycles. The molecule has 186 valence electrons. The molecule has 0 unspecified atom stereocenters. The molecule has 0 atom stereocenters. The molecule has 4 aromatic rings. The average Bonchev–Trinajstić information content (AvgIpc) is 3.08. The first-order valence-electron chi connectivity index (χ1n) is 12.6. The van der Waals surface area contributed by atoms with E-state index < -0.39 is 0 Å². The van der Waals surface area contributed by atoms with Gasteiger partial charge in [0, 0.05) is 32.6 Å². The van der Waals surface area contributed by atoms with Crippen molar-refractivity contribution < 1.29 is 9.53 Å². The van der Waals surface area contributed by atoms with E-state index in [1.807, 2.05) is 71.1 Å². The molecule has 2 aromatic heterocycles. The number of rotatable bonds is 6. The van der Waals surface area contributed by atoms with E-state index in [4.69, 9.17) is 19.8 Å². The monoisotopic (exact) mass is 484 g/mol. The predicted molar refractivity (Wildman–Crippen MR) is 141 cm³/mol. The molecule has 2 aromatic carbocycles. The second-order valence-electron chi connectivity index (χ2n) is 9.08. The molecule has 8 heteroatoms. The third kappa shape index (κ3) is 4.51. The summed E-state index contributed by atoms with van der Waals surface area (Å²) in [6.07, 6.45) is 2.61. The summed E-state index contributed by atoms with van der Waals surface area (Å²) >= 11 is 0. The number of hydrogen-bond donors (Lipinski definition) is 0. The summed E-state index contributed by atoms with van der Waals surface area (Å²) in [6.45, 7) is 6.95. The maximum absolute atomic E-state index is 13.3. The van der Waals surface area contributed by atoms with Gasteiger partial charge in [-0.3, -0.25) is 4.79 Å². The quantitative estimate of drug-likeness (QED) is 0.403. The zero-order chi connectivity index (χ0) is 25.1. The molecular formula is C28H32N6O2. The molecule has 0 spiro atoms. The summed E-state index contributed by atoms with van der Waals surface area (Å²) in [6, 6.07) is 17.5. The number of fused-ring (bicyclic) bond motifs is 1. The molecule has 5 rings (SSSR count). The summed E-state index contributed by atoms with van der Waals surface area (Å²) in [5.41, 5.74) is 3.31. The normalized spacial score (nSPS) is 14.2. The molecule has 1 aliphatic rings. The smallest absolute Gasteiger partial charge is 0.257 e. The van der Waals surface area contributed by atoms with E-state index in [9.17, 15) is 4.79 Å². The van der Waals surface area contributed by atoms with E-state index in [-0.39, 0.29) is 5.91 Å². The Labute approximate surface area is 211 Å². The van der Waals surface area contributed by atoms with Crippen LogP contribution in [0.2, 0.25) is 0 Å². The van der Waals surface area contributed by atoms with Crippen molar-refractivity contribution in [3.63, 3.8) is 0 Å². The van der Waals surface area contributed by atoms with Crippen molar-refractivity contribution in [2.45, 2.75) is 33.1 Å². The second-order valence-corrected chi connectivity index (χ2v) is 9.08. The van der Waals surface area contributed by atoms with E-state index in [1.54, 1.807) is 7.11 Å². The summed E-state index contributed by atoms with van der Waals surface area (Å²) in [4.78, 5) is 27.5. The van der Waals surface area contributed by atoms with Crippen LogP contribution < -0.4 is 9.64 Å². The van der Waals surface area contributed by atoms with Crippen molar-refractivity contribution in [2.24, 2.45) is 0 Å². The number of aryl methyl sites for hydroxylation is 2. The van der Waals surface area contributed by atoms with Gasteiger partial charge in [-0.1, -0.05) is 37.3 Å². The Morgan fingerprint density at radius 3 is 2.53 bits per heavy atom. The Kier molecular flexibility index (Phi) is 6.84. The lowest BCUT2D eigenvalue weighted by Gasteiger charge is -2.24. The van der Waals surface area contributed by atoms with Gasteiger partial charge in [-0.05, 0) is 44.0 Å². The zero-order valence-corrected chi connectivity index (χ0v) is 21.1. The SMILES string of the molecule is CCCc1nc(N2CCCN(C(=O)c3ccccc3OC)CC2)c2c(C)nn(-c3ccccc3)c2n1. The summed E-state index contributed by atoms with van der Waals surface area (Å²) < 4.78 is 7.35. The highest BCUT2D eigenvalue weighted by Gasteiger charge is 2.26. The minimum Gasteiger partial charge on any atom is -0.496 e. The number of para-hydroxylation sites is 2. The lowest BCUT2D eigenvalue weighted by molar-refractivity contribution is 0.0763. The first kappa shape index (κ1) is 23.8. The molecule has 36 heavy (non-hydrogen) atoms. The number of aromatic nitrogens is 4. The van der Waals surface area contributed by atoms with Crippen LogP contribution in [0.25, 0.3) is 16.7 Å². The lowest BCUT2D eigenvalue weighted by atomic mass is 10.1. The van der Waals surface area contributed by atoms with Crippen LogP contribution in [-0.4, -0.2) is 63.8 Å². The number of anilines is 1. The third-order valence-corrected chi connectivity index (χ3v) is 6.62. The van der Waals surface area contributed by atoms with Crippen LogP contribution in [0, 0.1) is 6.92 Å². The van der Waals surface area contributed by atoms with Gasteiger partial charge in [0.25, 0.3) is 5.91 Å². The number of carbonyl (C=O) groups excluding carboxylic acids is 1. The third-order valence-electron chi connectivity index (χ3n) is 6.62. The fraction of sp³-hybridized carbons (Fsp3) is 0.357. The number of benzene rings is 2. The maximum Gasteiger partial charge on any atom is 0.257 e. The number of methoxy groups -OCH3 is 1. The van der Waals surface area contributed by atoms with E-state index in [1.165, 1.54) is 0 Å². The molecule has 0 saturated carbocycles. The van der Waals surface area contributed by atoms with E-state index >= 15 is 0 Å². The molecule has 1 fully saturated rings. The Bertz CT molecular complexity index is 1370. The van der Waals surface area contributed by atoms with E-state index in [0.717, 1.165) is 59.9 Å². The molecule has 1 amide bonds. The Balaban J connectivity index is 1.49. The van der Waals surface area contributed by atoms with Gasteiger partial charge < -0.3 is 14.5 Å². The van der Waals surface area contributed by atoms with Crippen LogP contribution in [0.5, 0.6) is 5.75 Å². The van der Waals surface area contributed by atoms with Gasteiger partial charge in [-0.2, -0.15) is 5.10 Å². The topological polar surface area (TPSA) is 76.4 Å². The Morgan fingerprint density at radius 2 is 1.75 bits per heavy atom.